The second-order valence-corrected chi connectivity index (χ2v) is 5.03. The molecule has 0 aliphatic heterocycles. The summed E-state index contributed by atoms with van der Waals surface area (Å²) in [4.78, 5) is 4.45. The molecular weight excluding hydrogens is 239 g/mol. The number of hydrogen-bond donors (Lipinski definition) is 1. The van der Waals surface area contributed by atoms with Crippen molar-refractivity contribution in [1.29, 1.82) is 0 Å². The average Bonchev–Trinajstić information content (AvgIpc) is 2.85. The van der Waals surface area contributed by atoms with Gasteiger partial charge in [0.1, 0.15) is 5.82 Å². The molecule has 0 spiro atoms. The van der Waals surface area contributed by atoms with E-state index in [9.17, 15) is 4.39 Å². The fraction of sp³-hybridized carbons (Fsp3) is 0.312. The second-order valence-electron chi connectivity index (χ2n) is 5.03. The van der Waals surface area contributed by atoms with Crippen LogP contribution in [0, 0.1) is 5.82 Å². The molecule has 1 aliphatic carbocycles. The smallest absolute Gasteiger partial charge is 0.127 e. The molecule has 0 bridgehead atoms. The van der Waals surface area contributed by atoms with Crippen LogP contribution in [0.25, 0.3) is 0 Å². The van der Waals surface area contributed by atoms with Gasteiger partial charge in [-0.15, -0.1) is 0 Å². The Bertz CT molecular complexity index is 595. The number of halogens is 1. The van der Waals surface area contributed by atoms with Crippen LogP contribution in [0.1, 0.15) is 34.7 Å². The van der Waals surface area contributed by atoms with Gasteiger partial charge in [0, 0.05) is 18.7 Å². The van der Waals surface area contributed by atoms with E-state index in [1.807, 2.05) is 25.2 Å². The Balaban J connectivity index is 2.01. The van der Waals surface area contributed by atoms with E-state index in [0.29, 0.717) is 0 Å². The molecule has 0 saturated carbocycles. The summed E-state index contributed by atoms with van der Waals surface area (Å²) in [5.41, 5.74) is 4.20. The first-order chi connectivity index (χ1) is 9.29. The number of rotatable bonds is 3. The minimum absolute atomic E-state index is 0.105. The molecule has 1 aliphatic rings. The molecule has 0 radical (unpaired) electrons. The maximum absolute atomic E-state index is 14.1. The Morgan fingerprint density at radius 1 is 1.37 bits per heavy atom. The van der Waals surface area contributed by atoms with Gasteiger partial charge < -0.3 is 5.32 Å². The third-order valence-corrected chi connectivity index (χ3v) is 3.78. The zero-order chi connectivity index (χ0) is 13.2. The van der Waals surface area contributed by atoms with Gasteiger partial charge in [0.05, 0.1) is 5.69 Å². The van der Waals surface area contributed by atoms with Gasteiger partial charge in [-0.3, -0.25) is 4.98 Å². The summed E-state index contributed by atoms with van der Waals surface area (Å²) in [5.74, 6) is -0.0173. The van der Waals surface area contributed by atoms with Gasteiger partial charge in [-0.2, -0.15) is 0 Å². The quantitative estimate of drug-likeness (QED) is 0.913. The summed E-state index contributed by atoms with van der Waals surface area (Å²) in [7, 11) is 1.90. The molecule has 1 N–H and O–H groups in total. The SMILES string of the molecule is CNCc1ccc(F)c(C2CCc3cccnc32)c1. The van der Waals surface area contributed by atoms with Crippen LogP contribution < -0.4 is 5.32 Å². The molecule has 0 saturated heterocycles. The number of nitrogens with zero attached hydrogens (tertiary/aromatic N) is 1. The van der Waals surface area contributed by atoms with Crippen molar-refractivity contribution in [3.8, 4) is 0 Å². The van der Waals surface area contributed by atoms with Crippen molar-refractivity contribution in [2.75, 3.05) is 7.05 Å². The Kier molecular flexibility index (Phi) is 3.30. The van der Waals surface area contributed by atoms with E-state index in [1.54, 1.807) is 12.3 Å². The van der Waals surface area contributed by atoms with Crippen LogP contribution in [0.5, 0.6) is 0 Å². The molecule has 1 heterocycles. The number of pyridine rings is 1. The average molecular weight is 256 g/mol. The highest BCUT2D eigenvalue weighted by Crippen LogP contribution is 2.37. The van der Waals surface area contributed by atoms with Gasteiger partial charge in [0.25, 0.3) is 0 Å². The van der Waals surface area contributed by atoms with Crippen LogP contribution in [0.15, 0.2) is 36.5 Å². The number of hydrogen-bond acceptors (Lipinski definition) is 2. The van der Waals surface area contributed by atoms with Gasteiger partial charge in [-0.25, -0.2) is 4.39 Å². The third-order valence-electron chi connectivity index (χ3n) is 3.78. The van der Waals surface area contributed by atoms with E-state index in [4.69, 9.17) is 0 Å². The lowest BCUT2D eigenvalue weighted by atomic mass is 9.94. The van der Waals surface area contributed by atoms with E-state index in [-0.39, 0.29) is 11.7 Å². The Hall–Kier alpha value is -1.74. The molecule has 1 aromatic heterocycles. The molecule has 19 heavy (non-hydrogen) atoms. The summed E-state index contributed by atoms with van der Waals surface area (Å²) in [6.45, 7) is 0.759. The number of aromatic nitrogens is 1. The number of aryl methyl sites for hydroxylation is 1. The molecule has 1 aromatic carbocycles. The van der Waals surface area contributed by atoms with Gasteiger partial charge in [0.15, 0.2) is 0 Å². The van der Waals surface area contributed by atoms with Crippen molar-refractivity contribution in [3.05, 3.63) is 64.7 Å². The van der Waals surface area contributed by atoms with Gasteiger partial charge in [-0.1, -0.05) is 18.2 Å². The first-order valence-electron chi connectivity index (χ1n) is 6.66. The zero-order valence-corrected chi connectivity index (χ0v) is 11.0. The summed E-state index contributed by atoms with van der Waals surface area (Å²) in [6, 6.07) is 9.43. The monoisotopic (exact) mass is 256 g/mol. The predicted octanol–water partition coefficient (Wildman–Crippen LogP) is 3.02. The van der Waals surface area contributed by atoms with E-state index < -0.39 is 0 Å². The lowest BCUT2D eigenvalue weighted by molar-refractivity contribution is 0.590. The van der Waals surface area contributed by atoms with Crippen LogP contribution in [-0.2, 0) is 13.0 Å². The maximum Gasteiger partial charge on any atom is 0.127 e. The summed E-state index contributed by atoms with van der Waals surface area (Å²) in [6.07, 6.45) is 3.74. The van der Waals surface area contributed by atoms with E-state index in [2.05, 4.69) is 16.4 Å². The normalized spacial score (nSPS) is 17.5. The molecule has 0 amide bonds. The van der Waals surface area contributed by atoms with Crippen molar-refractivity contribution in [2.45, 2.75) is 25.3 Å². The Labute approximate surface area is 112 Å². The highest BCUT2D eigenvalue weighted by Gasteiger charge is 2.27. The number of nitrogens with one attached hydrogen (secondary N) is 1. The fourth-order valence-corrected chi connectivity index (χ4v) is 2.89. The topological polar surface area (TPSA) is 24.9 Å². The fourth-order valence-electron chi connectivity index (χ4n) is 2.89. The lowest BCUT2D eigenvalue weighted by Gasteiger charge is -2.13. The summed E-state index contributed by atoms with van der Waals surface area (Å²) < 4.78 is 14.1. The Morgan fingerprint density at radius 3 is 3.11 bits per heavy atom. The first kappa shape index (κ1) is 12.3. The molecule has 98 valence electrons. The van der Waals surface area contributed by atoms with E-state index in [0.717, 1.165) is 36.2 Å². The molecule has 2 aromatic rings. The second kappa shape index (κ2) is 5.10. The number of fused-ring (bicyclic) bond motifs is 1. The van der Waals surface area contributed by atoms with Crippen molar-refractivity contribution >= 4 is 0 Å². The highest BCUT2D eigenvalue weighted by molar-refractivity contribution is 5.39. The maximum atomic E-state index is 14.1. The third kappa shape index (κ3) is 2.26. The van der Waals surface area contributed by atoms with Crippen molar-refractivity contribution in [1.82, 2.24) is 10.3 Å². The molecule has 1 unspecified atom stereocenters. The minimum Gasteiger partial charge on any atom is -0.316 e. The molecule has 3 heteroatoms. The molecule has 0 fully saturated rings. The van der Waals surface area contributed by atoms with Crippen molar-refractivity contribution < 1.29 is 4.39 Å². The molecule has 1 atom stereocenters. The van der Waals surface area contributed by atoms with Crippen LogP contribution in [0.4, 0.5) is 4.39 Å². The van der Waals surface area contributed by atoms with Gasteiger partial charge in [0.2, 0.25) is 0 Å². The molecule has 2 nitrogen and oxygen atoms in total. The van der Waals surface area contributed by atoms with Gasteiger partial charge >= 0.3 is 0 Å². The number of benzene rings is 1. The van der Waals surface area contributed by atoms with Crippen molar-refractivity contribution in [3.63, 3.8) is 0 Å². The van der Waals surface area contributed by atoms with Crippen molar-refractivity contribution in [2.24, 2.45) is 0 Å². The van der Waals surface area contributed by atoms with E-state index >= 15 is 0 Å². The predicted molar refractivity (Wildman–Crippen MR) is 73.6 cm³/mol. The summed E-state index contributed by atoms with van der Waals surface area (Å²) >= 11 is 0. The molecule has 3 rings (SSSR count). The van der Waals surface area contributed by atoms with Crippen LogP contribution in [0.3, 0.4) is 0 Å². The van der Waals surface area contributed by atoms with Crippen LogP contribution >= 0.6 is 0 Å². The minimum atomic E-state index is -0.122. The highest BCUT2D eigenvalue weighted by atomic mass is 19.1. The molecular formula is C16H17FN2. The van der Waals surface area contributed by atoms with Gasteiger partial charge in [-0.05, 0) is 48.7 Å². The van der Waals surface area contributed by atoms with E-state index in [1.165, 1.54) is 5.56 Å². The lowest BCUT2D eigenvalue weighted by Crippen LogP contribution is -2.08. The van der Waals surface area contributed by atoms with Crippen LogP contribution in [-0.4, -0.2) is 12.0 Å². The summed E-state index contributed by atoms with van der Waals surface area (Å²) in [5, 5.41) is 3.10. The Morgan fingerprint density at radius 2 is 2.26 bits per heavy atom. The zero-order valence-electron chi connectivity index (χ0n) is 11.0. The largest absolute Gasteiger partial charge is 0.316 e. The standard InChI is InChI=1S/C16H17FN2/c1-18-10-11-4-7-15(17)14(9-11)13-6-5-12-3-2-8-19-16(12)13/h2-4,7-9,13,18H,5-6,10H2,1H3. The first-order valence-corrected chi connectivity index (χ1v) is 6.66. The van der Waals surface area contributed by atoms with Crippen LogP contribution in [0.2, 0.25) is 0 Å².